The van der Waals surface area contributed by atoms with Crippen molar-refractivity contribution in [3.05, 3.63) is 101 Å². The van der Waals surface area contributed by atoms with Crippen molar-refractivity contribution in [3.63, 3.8) is 0 Å². The summed E-state index contributed by atoms with van der Waals surface area (Å²) in [7, 11) is 0. The van der Waals surface area contributed by atoms with Crippen LogP contribution >= 0.6 is 11.6 Å². The van der Waals surface area contributed by atoms with Gasteiger partial charge in [-0.2, -0.15) is 0 Å². The van der Waals surface area contributed by atoms with Crippen LogP contribution in [0.5, 0.6) is 0 Å². The second-order valence-electron chi connectivity index (χ2n) is 8.81. The van der Waals surface area contributed by atoms with Crippen LogP contribution in [0, 0.1) is 0 Å². The van der Waals surface area contributed by atoms with E-state index in [4.69, 9.17) is 11.6 Å². The first-order valence-corrected chi connectivity index (χ1v) is 12.4. The van der Waals surface area contributed by atoms with E-state index in [1.807, 2.05) is 36.4 Å². The fourth-order valence-electron chi connectivity index (χ4n) is 4.38. The number of amides is 2. The van der Waals surface area contributed by atoms with E-state index in [9.17, 15) is 9.59 Å². The first kappa shape index (κ1) is 23.7. The van der Waals surface area contributed by atoms with Crippen molar-refractivity contribution in [2.75, 3.05) is 29.9 Å². The molecule has 7 heteroatoms. The largest absolute Gasteiger partial charge is 0.386 e. The van der Waals surface area contributed by atoms with E-state index in [0.29, 0.717) is 27.6 Å². The molecule has 0 spiro atoms. The molecule has 2 heterocycles. The van der Waals surface area contributed by atoms with E-state index in [-0.39, 0.29) is 5.91 Å². The number of carbonyl (C=O) groups excluding carboxylic acids is 2. The summed E-state index contributed by atoms with van der Waals surface area (Å²) < 4.78 is 0. The molecule has 0 bridgehead atoms. The molecule has 3 aromatic rings. The van der Waals surface area contributed by atoms with Crippen molar-refractivity contribution in [1.82, 2.24) is 10.2 Å². The maximum absolute atomic E-state index is 13.2. The van der Waals surface area contributed by atoms with Crippen LogP contribution < -0.4 is 15.5 Å². The lowest BCUT2D eigenvalue weighted by atomic mass is 10.00. The number of nitrogens with one attached hydrogen (secondary N) is 2. The van der Waals surface area contributed by atoms with Crippen LogP contribution in [0.4, 0.5) is 17.1 Å². The van der Waals surface area contributed by atoms with E-state index in [1.54, 1.807) is 36.4 Å². The van der Waals surface area contributed by atoms with Crippen LogP contribution in [0.2, 0.25) is 5.02 Å². The summed E-state index contributed by atoms with van der Waals surface area (Å²) in [6.07, 6.45) is 4.71. The zero-order chi connectivity index (χ0) is 25.1. The smallest absolute Gasteiger partial charge is 0.257 e. The fraction of sp³-hybridized carbons (Fsp3) is 0.172. The van der Waals surface area contributed by atoms with Crippen LogP contribution in [-0.4, -0.2) is 36.9 Å². The van der Waals surface area contributed by atoms with Gasteiger partial charge in [0.2, 0.25) is 6.41 Å². The summed E-state index contributed by atoms with van der Waals surface area (Å²) in [6, 6.07) is 20.1. The summed E-state index contributed by atoms with van der Waals surface area (Å²) in [5, 5.41) is 6.73. The van der Waals surface area contributed by atoms with Gasteiger partial charge in [-0.15, -0.1) is 0 Å². The molecule has 0 aliphatic carbocycles. The molecular weight excluding hydrogens is 472 g/mol. The molecule has 0 aromatic heterocycles. The highest BCUT2D eigenvalue weighted by molar-refractivity contribution is 6.31. The number of carbonyl (C=O) groups is 2. The van der Waals surface area contributed by atoms with E-state index < -0.39 is 0 Å². The highest BCUT2D eigenvalue weighted by Crippen LogP contribution is 2.34. The molecule has 2 aliphatic heterocycles. The molecule has 2 aliphatic rings. The number of nitrogens with zero attached hydrogens (tertiary/aromatic N) is 2. The van der Waals surface area contributed by atoms with Crippen LogP contribution in [0.1, 0.15) is 34.3 Å². The van der Waals surface area contributed by atoms with Crippen molar-refractivity contribution >= 4 is 52.8 Å². The lowest BCUT2D eigenvalue weighted by molar-refractivity contribution is -0.106. The standard InChI is InChI=1S/C29H27ClN4O2/c1-2-20-4-9-23(10-5-20)32-29(36)25-18-22(30)8-13-27(25)34(19-35)24-11-6-21(7-12-24)28(26-14-15-31-26)33-16-3-17-33/h2,4-13,18-19,31H,1,3,14-17H2,(H,32,36). The molecule has 6 nitrogen and oxygen atoms in total. The Balaban J connectivity index is 1.43. The normalized spacial score (nSPS) is 15.6. The maximum Gasteiger partial charge on any atom is 0.257 e. The maximum atomic E-state index is 13.2. The van der Waals surface area contributed by atoms with Crippen LogP contribution in [-0.2, 0) is 4.79 Å². The van der Waals surface area contributed by atoms with Gasteiger partial charge in [-0.25, -0.2) is 0 Å². The summed E-state index contributed by atoms with van der Waals surface area (Å²) >= 11 is 6.24. The summed E-state index contributed by atoms with van der Waals surface area (Å²) in [4.78, 5) is 29.3. The summed E-state index contributed by atoms with van der Waals surface area (Å²) in [6.45, 7) is 6.87. The number of likely N-dealkylation sites (tertiary alicyclic amines) is 1. The Morgan fingerprint density at radius 1 is 1.06 bits per heavy atom. The zero-order valence-corrected chi connectivity index (χ0v) is 20.6. The van der Waals surface area contributed by atoms with Gasteiger partial charge in [-0.3, -0.25) is 14.5 Å². The number of hydrogen-bond donors (Lipinski definition) is 2. The third kappa shape index (κ3) is 4.72. The lowest BCUT2D eigenvalue weighted by Gasteiger charge is -2.39. The minimum absolute atomic E-state index is 0.300. The predicted octanol–water partition coefficient (Wildman–Crippen LogP) is 5.90. The molecule has 3 aromatic carbocycles. The number of halogens is 1. The highest BCUT2D eigenvalue weighted by Gasteiger charge is 2.25. The average molecular weight is 499 g/mol. The SMILES string of the molecule is C=Cc1ccc(NC(=O)c2cc(Cl)ccc2N(C=O)c2ccc(C(=C3CCN3)N3CCC3)cc2)cc1. The van der Waals surface area contributed by atoms with E-state index in [1.165, 1.54) is 22.7 Å². The quantitative estimate of drug-likeness (QED) is 0.380. The molecule has 5 rings (SSSR count). The van der Waals surface area contributed by atoms with E-state index in [2.05, 4.69) is 22.1 Å². The van der Waals surface area contributed by atoms with Crippen molar-refractivity contribution < 1.29 is 9.59 Å². The molecule has 0 radical (unpaired) electrons. The molecular formula is C29H27ClN4O2. The molecule has 2 saturated heterocycles. The van der Waals surface area contributed by atoms with Crippen molar-refractivity contribution in [2.45, 2.75) is 12.8 Å². The van der Waals surface area contributed by atoms with Crippen LogP contribution in [0.3, 0.4) is 0 Å². The fourth-order valence-corrected chi connectivity index (χ4v) is 4.55. The van der Waals surface area contributed by atoms with Crippen molar-refractivity contribution in [1.29, 1.82) is 0 Å². The second kappa shape index (κ2) is 10.3. The molecule has 2 N–H and O–H groups in total. The minimum atomic E-state index is -0.358. The van der Waals surface area contributed by atoms with E-state index >= 15 is 0 Å². The van der Waals surface area contributed by atoms with Gasteiger partial charge in [0.15, 0.2) is 0 Å². The molecule has 2 fully saturated rings. The Bertz CT molecular complexity index is 1320. The van der Waals surface area contributed by atoms with Crippen LogP contribution in [0.15, 0.2) is 79.0 Å². The molecule has 0 unspecified atom stereocenters. The molecule has 0 atom stereocenters. The zero-order valence-electron chi connectivity index (χ0n) is 19.8. The topological polar surface area (TPSA) is 64.7 Å². The average Bonchev–Trinajstić information content (AvgIpc) is 2.83. The van der Waals surface area contributed by atoms with Gasteiger partial charge in [0.1, 0.15) is 0 Å². The number of rotatable bonds is 8. The van der Waals surface area contributed by atoms with Crippen LogP contribution in [0.25, 0.3) is 11.8 Å². The summed E-state index contributed by atoms with van der Waals surface area (Å²) in [5.74, 6) is -0.358. The third-order valence-corrected chi connectivity index (χ3v) is 6.80. The summed E-state index contributed by atoms with van der Waals surface area (Å²) in [5.41, 5.74) is 6.62. The lowest BCUT2D eigenvalue weighted by Crippen LogP contribution is -2.40. The van der Waals surface area contributed by atoms with E-state index in [0.717, 1.165) is 43.6 Å². The second-order valence-corrected chi connectivity index (χ2v) is 9.24. The number of anilines is 3. The molecule has 182 valence electrons. The van der Waals surface area contributed by atoms with Gasteiger partial charge in [0.25, 0.3) is 5.91 Å². The Morgan fingerprint density at radius 3 is 2.33 bits per heavy atom. The molecule has 36 heavy (non-hydrogen) atoms. The highest BCUT2D eigenvalue weighted by atomic mass is 35.5. The van der Waals surface area contributed by atoms with Gasteiger partial charge < -0.3 is 15.5 Å². The Morgan fingerprint density at radius 2 is 1.78 bits per heavy atom. The predicted molar refractivity (Wildman–Crippen MR) is 146 cm³/mol. The van der Waals surface area contributed by atoms with Crippen molar-refractivity contribution in [3.8, 4) is 0 Å². The number of hydrogen-bond acceptors (Lipinski definition) is 4. The van der Waals surface area contributed by atoms with Gasteiger partial charge >= 0.3 is 0 Å². The van der Waals surface area contributed by atoms with Gasteiger partial charge in [0, 0.05) is 48.1 Å². The van der Waals surface area contributed by atoms with Crippen molar-refractivity contribution in [2.24, 2.45) is 0 Å². The molecule has 2 amide bonds. The van der Waals surface area contributed by atoms with Gasteiger partial charge in [-0.05, 0) is 60.0 Å². The third-order valence-electron chi connectivity index (χ3n) is 6.56. The van der Waals surface area contributed by atoms with Gasteiger partial charge in [0.05, 0.1) is 16.9 Å². The first-order valence-electron chi connectivity index (χ1n) is 12.0. The number of benzene rings is 3. The first-order chi connectivity index (χ1) is 17.6. The Hall–Kier alpha value is -4.03. The monoisotopic (exact) mass is 498 g/mol. The Kier molecular flexibility index (Phi) is 6.78. The minimum Gasteiger partial charge on any atom is -0.386 e. The van der Waals surface area contributed by atoms with Gasteiger partial charge in [-0.1, -0.05) is 48.5 Å². The Labute approximate surface area is 215 Å². The molecule has 0 saturated carbocycles.